The van der Waals surface area contributed by atoms with Crippen molar-refractivity contribution in [3.8, 4) is 39.6 Å². The van der Waals surface area contributed by atoms with Crippen LogP contribution < -0.4 is 0 Å². The first-order valence-corrected chi connectivity index (χ1v) is 16.0. The predicted molar refractivity (Wildman–Crippen MR) is 188 cm³/mol. The van der Waals surface area contributed by atoms with Gasteiger partial charge in [0.1, 0.15) is 5.82 Å². The van der Waals surface area contributed by atoms with Crippen molar-refractivity contribution in [2.75, 3.05) is 0 Å². The van der Waals surface area contributed by atoms with Crippen LogP contribution in [0.3, 0.4) is 0 Å². The topological polar surface area (TPSA) is 43.6 Å². The van der Waals surface area contributed by atoms with Crippen LogP contribution in [0.5, 0.6) is 0 Å². The Kier molecular flexibility index (Phi) is 5.94. The molecule has 2 aromatic heterocycles. The molecular weight excluding hydrogens is 560 g/mol. The first-order valence-electron chi connectivity index (χ1n) is 16.0. The van der Waals surface area contributed by atoms with Crippen molar-refractivity contribution in [2.45, 2.75) is 31.6 Å². The number of aromatic nitrogens is 4. The third-order valence-electron chi connectivity index (χ3n) is 9.74. The van der Waals surface area contributed by atoms with Crippen molar-refractivity contribution in [1.29, 1.82) is 0 Å². The highest BCUT2D eigenvalue weighted by molar-refractivity contribution is 6.11. The van der Waals surface area contributed by atoms with E-state index in [1.165, 1.54) is 44.1 Å². The van der Waals surface area contributed by atoms with Crippen LogP contribution in [0.15, 0.2) is 140 Å². The fourth-order valence-corrected chi connectivity index (χ4v) is 7.40. The van der Waals surface area contributed by atoms with Gasteiger partial charge in [-0.1, -0.05) is 123 Å². The predicted octanol–water partition coefficient (Wildman–Crippen LogP) is 10.2. The smallest absolute Gasteiger partial charge is 0.163 e. The third kappa shape index (κ3) is 4.10. The lowest BCUT2D eigenvalue weighted by atomic mass is 9.82. The van der Waals surface area contributed by atoms with Crippen molar-refractivity contribution in [2.24, 2.45) is 0 Å². The second kappa shape index (κ2) is 10.2. The van der Waals surface area contributed by atoms with Gasteiger partial charge in [-0.2, -0.15) is 0 Å². The fraction of sp³-hybridized carbons (Fsp3) is 0.119. The number of fused-ring (bicyclic) bond motifs is 6. The zero-order valence-corrected chi connectivity index (χ0v) is 25.9. The van der Waals surface area contributed by atoms with Gasteiger partial charge in [0.25, 0.3) is 0 Å². The highest BCUT2D eigenvalue weighted by Crippen LogP contribution is 2.51. The molecule has 0 saturated carbocycles. The summed E-state index contributed by atoms with van der Waals surface area (Å²) < 4.78 is 2.41. The maximum atomic E-state index is 5.07. The molecule has 1 unspecified atom stereocenters. The molecule has 220 valence electrons. The average Bonchev–Trinajstić information content (AvgIpc) is 3.56. The second-order valence-corrected chi connectivity index (χ2v) is 12.9. The van der Waals surface area contributed by atoms with E-state index in [1.54, 1.807) is 0 Å². The van der Waals surface area contributed by atoms with E-state index in [0.29, 0.717) is 11.6 Å². The van der Waals surface area contributed by atoms with E-state index in [2.05, 4.69) is 140 Å². The second-order valence-electron chi connectivity index (χ2n) is 12.9. The van der Waals surface area contributed by atoms with Gasteiger partial charge in [-0.15, -0.1) is 0 Å². The van der Waals surface area contributed by atoms with Crippen LogP contribution in [0.2, 0.25) is 0 Å². The summed E-state index contributed by atoms with van der Waals surface area (Å²) in [5.41, 5.74) is 10.8. The Morgan fingerprint density at radius 3 is 2.22 bits per heavy atom. The zero-order chi connectivity index (χ0) is 30.8. The average molecular weight is 593 g/mol. The zero-order valence-electron chi connectivity index (χ0n) is 25.9. The molecule has 0 amide bonds. The van der Waals surface area contributed by atoms with Crippen LogP contribution in [0.4, 0.5) is 0 Å². The molecule has 0 bridgehead atoms. The molecule has 46 heavy (non-hydrogen) atoms. The Hall–Kier alpha value is -5.61. The summed E-state index contributed by atoms with van der Waals surface area (Å²) in [6.45, 7) is 4.69. The molecule has 2 aliphatic rings. The monoisotopic (exact) mass is 592 g/mol. The Morgan fingerprint density at radius 1 is 0.609 bits per heavy atom. The highest BCUT2D eigenvalue weighted by Gasteiger charge is 2.36. The van der Waals surface area contributed by atoms with Crippen LogP contribution in [-0.2, 0) is 5.41 Å². The van der Waals surface area contributed by atoms with E-state index in [4.69, 9.17) is 15.0 Å². The summed E-state index contributed by atoms with van der Waals surface area (Å²) in [6.07, 6.45) is 9.40. The first kappa shape index (κ1) is 26.8. The van der Waals surface area contributed by atoms with Crippen LogP contribution in [0.25, 0.3) is 61.4 Å². The van der Waals surface area contributed by atoms with E-state index in [1.807, 2.05) is 18.2 Å². The number of allylic oxidation sites excluding steroid dienone is 4. The lowest BCUT2D eigenvalue weighted by Gasteiger charge is -2.21. The van der Waals surface area contributed by atoms with Crippen molar-refractivity contribution in [3.63, 3.8) is 0 Å². The van der Waals surface area contributed by atoms with Crippen LogP contribution >= 0.6 is 0 Å². The van der Waals surface area contributed by atoms with Gasteiger partial charge in [0.15, 0.2) is 11.6 Å². The van der Waals surface area contributed by atoms with Crippen molar-refractivity contribution < 1.29 is 0 Å². The number of para-hydroxylation sites is 1. The first-order chi connectivity index (χ1) is 22.6. The summed E-state index contributed by atoms with van der Waals surface area (Å²) in [7, 11) is 0. The molecule has 0 N–H and O–H groups in total. The van der Waals surface area contributed by atoms with Crippen LogP contribution in [0, 0.1) is 0 Å². The molecule has 0 fully saturated rings. The summed E-state index contributed by atoms with van der Waals surface area (Å²) in [5.74, 6) is 2.29. The van der Waals surface area contributed by atoms with Gasteiger partial charge in [0, 0.05) is 38.9 Å². The van der Waals surface area contributed by atoms with Gasteiger partial charge < -0.3 is 4.57 Å². The lowest BCUT2D eigenvalue weighted by molar-refractivity contribution is 0.661. The van der Waals surface area contributed by atoms with Crippen molar-refractivity contribution >= 4 is 21.8 Å². The van der Waals surface area contributed by atoms with Crippen LogP contribution in [0.1, 0.15) is 43.1 Å². The number of benzene rings is 5. The Morgan fingerprint density at radius 2 is 1.37 bits per heavy atom. The van der Waals surface area contributed by atoms with Gasteiger partial charge >= 0.3 is 0 Å². The fourth-order valence-electron chi connectivity index (χ4n) is 7.40. The Labute approximate surface area is 268 Å². The van der Waals surface area contributed by atoms with E-state index in [9.17, 15) is 0 Å². The molecule has 0 aliphatic heterocycles. The number of nitrogens with zero attached hydrogens (tertiary/aromatic N) is 4. The molecule has 0 spiro atoms. The Bertz CT molecular complexity index is 2380. The van der Waals surface area contributed by atoms with Gasteiger partial charge in [-0.3, -0.25) is 0 Å². The molecule has 7 aromatic rings. The van der Waals surface area contributed by atoms with E-state index in [-0.39, 0.29) is 11.3 Å². The lowest BCUT2D eigenvalue weighted by Crippen LogP contribution is -2.14. The number of hydrogen-bond acceptors (Lipinski definition) is 3. The van der Waals surface area contributed by atoms with Crippen molar-refractivity contribution in [1.82, 2.24) is 19.5 Å². The quantitative estimate of drug-likeness (QED) is 0.204. The molecule has 5 aromatic carbocycles. The summed E-state index contributed by atoms with van der Waals surface area (Å²) in [5, 5.41) is 2.51. The minimum absolute atomic E-state index is 0.0822. The largest absolute Gasteiger partial charge is 0.309 e. The van der Waals surface area contributed by atoms with Gasteiger partial charge in [0.2, 0.25) is 0 Å². The molecule has 9 rings (SSSR count). The molecule has 2 heterocycles. The van der Waals surface area contributed by atoms with E-state index < -0.39 is 0 Å². The van der Waals surface area contributed by atoms with Gasteiger partial charge in [-0.25, -0.2) is 15.0 Å². The third-order valence-corrected chi connectivity index (χ3v) is 9.74. The Balaban J connectivity index is 1.24. The standard InChI is InChI=1S/C42H32N4/c1-42(2)35-22-11-9-20-31(35)33-25-34-32-21-10-12-23-37(32)46(38(34)26-36(33)42)30-19-13-18-29(24-30)41-44-39(27-14-5-3-6-15-27)43-40(45-41)28-16-7-4-8-17-28/h3-16,18-26,28H,17H2,1-2H3. The number of rotatable bonds is 4. The molecule has 4 nitrogen and oxygen atoms in total. The van der Waals surface area contributed by atoms with E-state index in [0.717, 1.165) is 29.1 Å². The number of hydrogen-bond donors (Lipinski definition) is 0. The highest BCUT2D eigenvalue weighted by atomic mass is 15.0. The summed E-state index contributed by atoms with van der Waals surface area (Å²) in [6, 6.07) is 41.3. The molecule has 4 heteroatoms. The molecule has 2 aliphatic carbocycles. The summed E-state index contributed by atoms with van der Waals surface area (Å²) >= 11 is 0. The minimum atomic E-state index is -0.0822. The molecule has 0 saturated heterocycles. The van der Waals surface area contributed by atoms with Gasteiger partial charge in [-0.05, 0) is 59.0 Å². The van der Waals surface area contributed by atoms with E-state index >= 15 is 0 Å². The van der Waals surface area contributed by atoms with Gasteiger partial charge in [0.05, 0.1) is 11.0 Å². The maximum Gasteiger partial charge on any atom is 0.163 e. The summed E-state index contributed by atoms with van der Waals surface area (Å²) in [4.78, 5) is 15.1. The maximum absolute atomic E-state index is 5.07. The molecule has 1 atom stereocenters. The van der Waals surface area contributed by atoms with Crippen molar-refractivity contribution in [3.05, 3.63) is 157 Å². The molecule has 0 radical (unpaired) electrons. The normalized spacial score (nSPS) is 16.2. The SMILES string of the molecule is CC1(C)c2ccccc2-c2cc3c4ccccc4n(-c4cccc(-c5nc(-c6ccccc6)nc(C6C=CC=CC6)n5)c4)c3cc21. The van der Waals surface area contributed by atoms with Crippen LogP contribution in [-0.4, -0.2) is 19.5 Å². The molecular formula is C42H32N4. The minimum Gasteiger partial charge on any atom is -0.309 e.